The Labute approximate surface area is 165 Å². The van der Waals surface area contributed by atoms with Crippen molar-refractivity contribution in [3.05, 3.63) is 41.7 Å². The number of ether oxygens (including phenoxy) is 2. The molecule has 1 heterocycles. The van der Waals surface area contributed by atoms with Gasteiger partial charge in [-0.3, -0.25) is 9.89 Å². The second kappa shape index (κ2) is 6.83. The van der Waals surface area contributed by atoms with Crippen molar-refractivity contribution in [3.8, 4) is 11.5 Å². The van der Waals surface area contributed by atoms with E-state index in [9.17, 15) is 4.79 Å². The molecular formula is C22H27N3O3. The van der Waals surface area contributed by atoms with Crippen molar-refractivity contribution in [1.82, 2.24) is 15.5 Å². The lowest BCUT2D eigenvalue weighted by Crippen LogP contribution is -2.59. The molecule has 2 N–H and O–H groups in total. The molecule has 4 saturated carbocycles. The summed E-state index contributed by atoms with van der Waals surface area (Å²) in [5, 5.41) is 10.5. The fourth-order valence-electron chi connectivity index (χ4n) is 6.01. The van der Waals surface area contributed by atoms with E-state index in [-0.39, 0.29) is 11.4 Å². The number of hydrogen-bond donors (Lipinski definition) is 2. The molecule has 6 nitrogen and oxygen atoms in total. The molecule has 4 aliphatic rings. The lowest BCUT2D eigenvalue weighted by molar-refractivity contribution is -0.0167. The second-order valence-electron chi connectivity index (χ2n) is 8.87. The number of para-hydroxylation sites is 2. The van der Waals surface area contributed by atoms with E-state index in [0.29, 0.717) is 23.8 Å². The number of amides is 1. The highest BCUT2D eigenvalue weighted by atomic mass is 16.5. The summed E-state index contributed by atoms with van der Waals surface area (Å²) in [5.41, 5.74) is 1.20. The van der Waals surface area contributed by atoms with Crippen LogP contribution in [0.3, 0.4) is 0 Å². The van der Waals surface area contributed by atoms with Gasteiger partial charge in [0.25, 0.3) is 5.91 Å². The molecule has 6 rings (SSSR count). The summed E-state index contributed by atoms with van der Waals surface area (Å²) >= 11 is 0. The number of aromatic amines is 1. The number of aromatic nitrogens is 2. The predicted octanol–water partition coefficient (Wildman–Crippen LogP) is 3.70. The maximum Gasteiger partial charge on any atom is 0.272 e. The molecule has 0 atom stereocenters. The van der Waals surface area contributed by atoms with E-state index in [1.165, 1.54) is 19.3 Å². The summed E-state index contributed by atoms with van der Waals surface area (Å²) in [6.07, 6.45) is 7.50. The van der Waals surface area contributed by atoms with Crippen molar-refractivity contribution in [3.63, 3.8) is 0 Å². The first kappa shape index (κ1) is 17.6. The average Bonchev–Trinajstić information content (AvgIpc) is 3.14. The Morgan fingerprint density at radius 1 is 1.14 bits per heavy atom. The fraction of sp³-hybridized carbons (Fsp3) is 0.545. The molecule has 0 spiro atoms. The maximum atomic E-state index is 12.9. The quantitative estimate of drug-likeness (QED) is 0.800. The van der Waals surface area contributed by atoms with Crippen molar-refractivity contribution in [2.45, 2.75) is 50.7 Å². The minimum Gasteiger partial charge on any atom is -0.493 e. The van der Waals surface area contributed by atoms with E-state index in [1.54, 1.807) is 13.2 Å². The van der Waals surface area contributed by atoms with Crippen molar-refractivity contribution in [1.29, 1.82) is 0 Å². The van der Waals surface area contributed by atoms with E-state index in [0.717, 1.165) is 42.7 Å². The highest BCUT2D eigenvalue weighted by molar-refractivity contribution is 5.92. The summed E-state index contributed by atoms with van der Waals surface area (Å²) in [7, 11) is 1.62. The third-order valence-electron chi connectivity index (χ3n) is 6.73. The number of rotatable bonds is 6. The summed E-state index contributed by atoms with van der Waals surface area (Å²) in [6.45, 7) is 0.304. The van der Waals surface area contributed by atoms with Crippen LogP contribution in [-0.2, 0) is 6.61 Å². The Morgan fingerprint density at radius 3 is 2.43 bits per heavy atom. The largest absolute Gasteiger partial charge is 0.493 e. The fourth-order valence-corrected chi connectivity index (χ4v) is 6.01. The van der Waals surface area contributed by atoms with Gasteiger partial charge in [-0.15, -0.1) is 0 Å². The molecule has 4 fully saturated rings. The minimum atomic E-state index is -0.0678. The van der Waals surface area contributed by atoms with Crippen LogP contribution in [0.1, 0.15) is 54.7 Å². The van der Waals surface area contributed by atoms with Gasteiger partial charge >= 0.3 is 0 Å². The van der Waals surface area contributed by atoms with E-state index in [4.69, 9.17) is 9.47 Å². The third-order valence-corrected chi connectivity index (χ3v) is 6.73. The van der Waals surface area contributed by atoms with Crippen LogP contribution in [0.5, 0.6) is 11.5 Å². The van der Waals surface area contributed by atoms with Crippen LogP contribution < -0.4 is 14.8 Å². The zero-order valence-corrected chi connectivity index (χ0v) is 16.2. The van der Waals surface area contributed by atoms with Crippen LogP contribution in [0, 0.1) is 17.8 Å². The van der Waals surface area contributed by atoms with Crippen LogP contribution in [0.2, 0.25) is 0 Å². The number of carbonyl (C=O) groups excluding carboxylic acids is 1. The standard InChI is InChI=1S/C22H27N3O3/c1-27-19-4-2-3-5-20(19)28-13-17-9-18(25-24-17)21(26)23-22-10-14-6-15(11-22)8-16(7-14)12-22/h2-5,9,14-16H,6-8,10-13H2,1H3,(H,23,26)(H,24,25). The van der Waals surface area contributed by atoms with Gasteiger partial charge in [-0.25, -0.2) is 0 Å². The van der Waals surface area contributed by atoms with Gasteiger partial charge in [0.15, 0.2) is 11.5 Å². The molecule has 1 aromatic carbocycles. The van der Waals surface area contributed by atoms with Crippen molar-refractivity contribution in [2.24, 2.45) is 17.8 Å². The van der Waals surface area contributed by atoms with Crippen molar-refractivity contribution in [2.75, 3.05) is 7.11 Å². The number of methoxy groups -OCH3 is 1. The lowest BCUT2D eigenvalue weighted by atomic mass is 9.53. The van der Waals surface area contributed by atoms with E-state index >= 15 is 0 Å². The SMILES string of the molecule is COc1ccccc1OCc1cc(C(=O)NC23CC4CC(CC(C4)C2)C3)n[nH]1. The van der Waals surface area contributed by atoms with Gasteiger partial charge in [0.2, 0.25) is 0 Å². The molecule has 0 radical (unpaired) electrons. The first-order valence-electron chi connectivity index (χ1n) is 10.2. The van der Waals surface area contributed by atoms with E-state index in [1.807, 2.05) is 24.3 Å². The van der Waals surface area contributed by atoms with Crippen molar-refractivity contribution >= 4 is 5.91 Å². The van der Waals surface area contributed by atoms with E-state index in [2.05, 4.69) is 15.5 Å². The van der Waals surface area contributed by atoms with Gasteiger partial charge < -0.3 is 14.8 Å². The van der Waals surface area contributed by atoms with Gasteiger partial charge in [-0.2, -0.15) is 5.10 Å². The van der Waals surface area contributed by atoms with Gasteiger partial charge in [0.1, 0.15) is 12.3 Å². The Kier molecular flexibility index (Phi) is 4.29. The normalized spacial score (nSPS) is 30.2. The van der Waals surface area contributed by atoms with Gasteiger partial charge in [0.05, 0.1) is 12.8 Å². The molecule has 4 aliphatic carbocycles. The summed E-state index contributed by atoms with van der Waals surface area (Å²) in [5.74, 6) is 3.68. The molecule has 1 amide bonds. The zero-order chi connectivity index (χ0) is 19.1. The van der Waals surface area contributed by atoms with Crippen molar-refractivity contribution < 1.29 is 14.3 Å². The minimum absolute atomic E-state index is 0.00114. The number of nitrogens with zero attached hydrogens (tertiary/aromatic N) is 1. The average molecular weight is 381 g/mol. The third kappa shape index (κ3) is 3.25. The van der Waals surface area contributed by atoms with Gasteiger partial charge in [0, 0.05) is 5.54 Å². The number of H-pyrrole nitrogens is 1. The molecule has 0 aliphatic heterocycles. The highest BCUT2D eigenvalue weighted by Crippen LogP contribution is 2.55. The highest BCUT2D eigenvalue weighted by Gasteiger charge is 2.51. The van der Waals surface area contributed by atoms with Crippen LogP contribution in [0.15, 0.2) is 30.3 Å². The molecule has 148 valence electrons. The topological polar surface area (TPSA) is 76.2 Å². The van der Waals surface area contributed by atoms with Crippen LogP contribution in [0.4, 0.5) is 0 Å². The Bertz CT molecular complexity index is 840. The molecule has 1 aromatic heterocycles. The summed E-state index contributed by atoms with van der Waals surface area (Å²) < 4.78 is 11.1. The molecule has 2 aromatic rings. The molecular weight excluding hydrogens is 354 g/mol. The number of carbonyl (C=O) groups is 1. The second-order valence-corrected chi connectivity index (χ2v) is 8.87. The predicted molar refractivity (Wildman–Crippen MR) is 104 cm³/mol. The van der Waals surface area contributed by atoms with Gasteiger partial charge in [-0.05, 0) is 74.5 Å². The summed E-state index contributed by atoms with van der Waals surface area (Å²) in [6, 6.07) is 9.29. The van der Waals surface area contributed by atoms with Crippen LogP contribution in [-0.4, -0.2) is 28.8 Å². The summed E-state index contributed by atoms with van der Waals surface area (Å²) in [4.78, 5) is 12.9. The lowest BCUT2D eigenvalue weighted by Gasteiger charge is -2.56. The molecule has 6 heteroatoms. The molecule has 0 unspecified atom stereocenters. The first-order valence-corrected chi connectivity index (χ1v) is 10.2. The monoisotopic (exact) mass is 381 g/mol. The zero-order valence-electron chi connectivity index (χ0n) is 16.2. The Morgan fingerprint density at radius 2 is 1.79 bits per heavy atom. The number of benzene rings is 1. The van der Waals surface area contributed by atoms with Crippen LogP contribution >= 0.6 is 0 Å². The molecule has 0 saturated heterocycles. The first-order chi connectivity index (χ1) is 13.6. The smallest absolute Gasteiger partial charge is 0.272 e. The molecule has 4 bridgehead atoms. The maximum absolute atomic E-state index is 12.9. The van der Waals surface area contributed by atoms with Crippen LogP contribution in [0.25, 0.3) is 0 Å². The number of nitrogens with one attached hydrogen (secondary N) is 2. The Balaban J connectivity index is 1.23. The van der Waals surface area contributed by atoms with Gasteiger partial charge in [-0.1, -0.05) is 12.1 Å². The molecule has 28 heavy (non-hydrogen) atoms. The Hall–Kier alpha value is -2.50. The number of hydrogen-bond acceptors (Lipinski definition) is 4. The van der Waals surface area contributed by atoms with E-state index < -0.39 is 0 Å².